The van der Waals surface area contributed by atoms with E-state index in [2.05, 4.69) is 10.6 Å². The van der Waals surface area contributed by atoms with Crippen molar-refractivity contribution < 1.29 is 19.0 Å². The van der Waals surface area contributed by atoms with Gasteiger partial charge in [-0.1, -0.05) is 12.1 Å². The van der Waals surface area contributed by atoms with Gasteiger partial charge in [0.1, 0.15) is 5.82 Å². The first-order valence-corrected chi connectivity index (χ1v) is 7.64. The predicted octanol–water partition coefficient (Wildman–Crippen LogP) is 1.33. The molecule has 1 atom stereocenters. The summed E-state index contributed by atoms with van der Waals surface area (Å²) < 4.78 is 18.7. The Hall–Kier alpha value is -1.99. The zero-order valence-electron chi connectivity index (χ0n) is 13.0. The van der Waals surface area contributed by atoms with Gasteiger partial charge in [0.15, 0.2) is 5.11 Å². The molecule has 1 aliphatic rings. The van der Waals surface area contributed by atoms with Crippen molar-refractivity contribution in [2.24, 2.45) is 0 Å². The molecule has 0 amide bonds. The number of nitrogens with one attached hydrogen (secondary N) is 2. The van der Waals surface area contributed by atoms with Crippen molar-refractivity contribution in [3.8, 4) is 0 Å². The van der Waals surface area contributed by atoms with Crippen LogP contribution in [0.4, 0.5) is 4.39 Å². The van der Waals surface area contributed by atoms with Gasteiger partial charge in [-0.3, -0.25) is 0 Å². The molecule has 0 aromatic heterocycles. The van der Waals surface area contributed by atoms with E-state index < -0.39 is 12.0 Å². The lowest BCUT2D eigenvalue weighted by Crippen LogP contribution is -2.51. The van der Waals surface area contributed by atoms with E-state index in [0.29, 0.717) is 28.4 Å². The minimum absolute atomic E-state index is 0.126. The molecule has 1 aromatic carbocycles. The Morgan fingerprint density at radius 1 is 1.43 bits per heavy atom. The molecule has 1 aliphatic heterocycles. The molecule has 3 N–H and O–H groups in total. The average molecular weight is 338 g/mol. The van der Waals surface area contributed by atoms with Crippen LogP contribution in [-0.4, -0.2) is 35.4 Å². The Balaban J connectivity index is 1.97. The van der Waals surface area contributed by atoms with E-state index in [-0.39, 0.29) is 19.0 Å². The largest absolute Gasteiger partial charge is 0.462 e. The minimum Gasteiger partial charge on any atom is -0.462 e. The van der Waals surface area contributed by atoms with E-state index >= 15 is 0 Å². The van der Waals surface area contributed by atoms with Gasteiger partial charge in [-0.15, -0.1) is 0 Å². The Labute approximate surface area is 139 Å². The number of benzene rings is 1. The van der Waals surface area contributed by atoms with Crippen LogP contribution in [0, 0.1) is 12.7 Å². The summed E-state index contributed by atoms with van der Waals surface area (Å²) in [6.45, 7) is 3.24. The van der Waals surface area contributed by atoms with Crippen molar-refractivity contribution in [3.05, 3.63) is 46.4 Å². The monoisotopic (exact) mass is 338 g/mol. The number of esters is 1. The lowest BCUT2D eigenvalue weighted by Gasteiger charge is -2.28. The van der Waals surface area contributed by atoms with Gasteiger partial charge >= 0.3 is 5.97 Å². The maximum absolute atomic E-state index is 13.5. The highest BCUT2D eigenvalue weighted by Crippen LogP contribution is 2.15. The Bertz CT molecular complexity index is 661. The van der Waals surface area contributed by atoms with Gasteiger partial charge in [-0.05, 0) is 43.3 Å². The van der Waals surface area contributed by atoms with Crippen LogP contribution in [0.2, 0.25) is 0 Å². The summed E-state index contributed by atoms with van der Waals surface area (Å²) >= 11 is 4.98. The molecule has 0 fully saturated rings. The van der Waals surface area contributed by atoms with Crippen molar-refractivity contribution in [1.82, 2.24) is 10.6 Å². The quantitative estimate of drug-likeness (QED) is 0.556. The predicted molar refractivity (Wildman–Crippen MR) is 88.2 cm³/mol. The summed E-state index contributed by atoms with van der Waals surface area (Å²) in [4.78, 5) is 12.2. The average Bonchev–Trinajstić information content (AvgIpc) is 2.49. The van der Waals surface area contributed by atoms with Gasteiger partial charge in [0.25, 0.3) is 0 Å². The molecule has 0 saturated carbocycles. The molecule has 0 saturated heterocycles. The standard InChI is InChI=1S/C16H19FN2O3S/c1-9-3-4-11(7-12(9)17)5-6-22-15(21)14-10(2)18-16(23)19-13(14)8-20/h3-4,7,13,20H,5-6,8H2,1-2H3,(H2,18,19,23). The van der Waals surface area contributed by atoms with Crippen LogP contribution < -0.4 is 10.6 Å². The van der Waals surface area contributed by atoms with Crippen LogP contribution in [-0.2, 0) is 16.0 Å². The van der Waals surface area contributed by atoms with Crippen LogP contribution in [0.3, 0.4) is 0 Å². The zero-order chi connectivity index (χ0) is 17.0. The topological polar surface area (TPSA) is 70.6 Å². The maximum atomic E-state index is 13.5. The first-order valence-electron chi connectivity index (χ1n) is 7.23. The second kappa shape index (κ2) is 7.52. The SMILES string of the molecule is CC1=C(C(=O)OCCc2ccc(C)c(F)c2)C(CO)NC(=S)N1. The van der Waals surface area contributed by atoms with Crippen LogP contribution in [0.15, 0.2) is 29.5 Å². The molecule has 1 heterocycles. The molecule has 1 unspecified atom stereocenters. The molecule has 23 heavy (non-hydrogen) atoms. The van der Waals surface area contributed by atoms with Crippen molar-refractivity contribution in [2.45, 2.75) is 26.3 Å². The summed E-state index contributed by atoms with van der Waals surface area (Å²) in [5.74, 6) is -0.807. The zero-order valence-corrected chi connectivity index (χ0v) is 13.8. The number of rotatable bonds is 5. The summed E-state index contributed by atoms with van der Waals surface area (Å²) in [6, 6.07) is 4.34. The van der Waals surface area contributed by atoms with Gasteiger partial charge in [-0.25, -0.2) is 9.18 Å². The van der Waals surface area contributed by atoms with E-state index in [1.807, 2.05) is 0 Å². The van der Waals surface area contributed by atoms with Crippen molar-refractivity contribution in [2.75, 3.05) is 13.2 Å². The molecular formula is C16H19FN2O3S. The number of aryl methyl sites for hydroxylation is 1. The molecule has 0 spiro atoms. The highest BCUT2D eigenvalue weighted by atomic mass is 32.1. The Kier molecular flexibility index (Phi) is 5.68. The third kappa shape index (κ3) is 4.27. The highest BCUT2D eigenvalue weighted by Gasteiger charge is 2.28. The molecule has 5 nitrogen and oxygen atoms in total. The van der Waals surface area contributed by atoms with Gasteiger partial charge in [0.05, 0.1) is 24.8 Å². The van der Waals surface area contributed by atoms with Crippen LogP contribution in [0.5, 0.6) is 0 Å². The van der Waals surface area contributed by atoms with Gasteiger partial charge < -0.3 is 20.5 Å². The van der Waals surface area contributed by atoms with E-state index in [4.69, 9.17) is 17.0 Å². The molecule has 1 aromatic rings. The second-order valence-corrected chi connectivity index (χ2v) is 5.75. The fourth-order valence-electron chi connectivity index (χ4n) is 2.33. The fraction of sp³-hybridized carbons (Fsp3) is 0.375. The fourth-order valence-corrected chi connectivity index (χ4v) is 2.62. The molecule has 2 rings (SSSR count). The van der Waals surface area contributed by atoms with Gasteiger partial charge in [0, 0.05) is 12.1 Å². The number of thiocarbonyl (C=S) groups is 1. The van der Waals surface area contributed by atoms with Crippen LogP contribution >= 0.6 is 12.2 Å². The normalized spacial score (nSPS) is 17.6. The van der Waals surface area contributed by atoms with E-state index in [1.165, 1.54) is 6.07 Å². The number of carbonyl (C=O) groups is 1. The summed E-state index contributed by atoms with van der Waals surface area (Å²) in [6.07, 6.45) is 0.415. The molecule has 7 heteroatoms. The second-order valence-electron chi connectivity index (χ2n) is 5.34. The maximum Gasteiger partial charge on any atom is 0.337 e. The Morgan fingerprint density at radius 2 is 2.17 bits per heavy atom. The summed E-state index contributed by atoms with van der Waals surface area (Å²) in [7, 11) is 0. The number of ether oxygens (including phenoxy) is 1. The van der Waals surface area contributed by atoms with Crippen LogP contribution in [0.25, 0.3) is 0 Å². The van der Waals surface area contributed by atoms with Gasteiger partial charge in [-0.2, -0.15) is 0 Å². The minimum atomic E-state index is -0.590. The lowest BCUT2D eigenvalue weighted by atomic mass is 10.0. The smallest absolute Gasteiger partial charge is 0.337 e. The summed E-state index contributed by atoms with van der Waals surface area (Å²) in [5, 5.41) is 15.4. The first-order chi connectivity index (χ1) is 10.9. The third-order valence-electron chi connectivity index (χ3n) is 3.62. The highest BCUT2D eigenvalue weighted by molar-refractivity contribution is 7.80. The molecule has 0 radical (unpaired) electrons. The van der Waals surface area contributed by atoms with Crippen LogP contribution in [0.1, 0.15) is 18.1 Å². The number of allylic oxidation sites excluding steroid dienone is 1. The Morgan fingerprint density at radius 3 is 2.83 bits per heavy atom. The number of carbonyl (C=O) groups excluding carboxylic acids is 1. The van der Waals surface area contributed by atoms with Gasteiger partial charge in [0.2, 0.25) is 0 Å². The van der Waals surface area contributed by atoms with Crippen molar-refractivity contribution in [3.63, 3.8) is 0 Å². The van der Waals surface area contributed by atoms with E-state index in [1.54, 1.807) is 26.0 Å². The van der Waals surface area contributed by atoms with E-state index in [9.17, 15) is 14.3 Å². The molecule has 124 valence electrons. The molecular weight excluding hydrogens is 319 g/mol. The molecule has 0 aliphatic carbocycles. The number of hydrogen-bond acceptors (Lipinski definition) is 4. The summed E-state index contributed by atoms with van der Waals surface area (Å²) in [5.41, 5.74) is 2.20. The van der Waals surface area contributed by atoms with Crippen molar-refractivity contribution >= 4 is 23.3 Å². The van der Waals surface area contributed by atoms with E-state index in [0.717, 1.165) is 5.56 Å². The van der Waals surface area contributed by atoms with Crippen molar-refractivity contribution in [1.29, 1.82) is 0 Å². The number of halogens is 1. The third-order valence-corrected chi connectivity index (χ3v) is 3.84. The number of aliphatic hydroxyl groups is 1. The first kappa shape index (κ1) is 17.4. The number of aliphatic hydroxyl groups excluding tert-OH is 1. The lowest BCUT2D eigenvalue weighted by molar-refractivity contribution is -0.139. The number of hydrogen-bond donors (Lipinski definition) is 3. The molecule has 0 bridgehead atoms.